The van der Waals surface area contributed by atoms with Crippen LogP contribution in [0.15, 0.2) is 36.4 Å². The molecule has 1 N–H and O–H groups in total. The van der Waals surface area contributed by atoms with Crippen molar-refractivity contribution < 1.29 is 18.7 Å². The van der Waals surface area contributed by atoms with Gasteiger partial charge in [0.05, 0.1) is 19.8 Å². The van der Waals surface area contributed by atoms with Crippen LogP contribution in [0.5, 0.6) is 11.5 Å². The number of nitrogens with one attached hydrogen (secondary N) is 1. The van der Waals surface area contributed by atoms with Crippen LogP contribution in [0.1, 0.15) is 30.5 Å². The molecule has 1 aliphatic rings. The smallest absolute Gasteiger partial charge is 0.234 e. The molecule has 150 valence electrons. The van der Waals surface area contributed by atoms with E-state index in [2.05, 4.69) is 16.3 Å². The summed E-state index contributed by atoms with van der Waals surface area (Å²) in [5.41, 5.74) is 2.87. The number of hydrogen-bond donors (Lipinski definition) is 1. The van der Waals surface area contributed by atoms with Crippen LogP contribution in [-0.2, 0) is 24.3 Å². The number of carbonyl (C=O) groups is 1. The van der Waals surface area contributed by atoms with Crippen molar-refractivity contribution in [2.45, 2.75) is 33.4 Å². The minimum Gasteiger partial charge on any atom is -0.490 e. The molecule has 28 heavy (non-hydrogen) atoms. The summed E-state index contributed by atoms with van der Waals surface area (Å²) in [6.45, 7) is 7.01. The number of rotatable bonds is 8. The fourth-order valence-corrected chi connectivity index (χ4v) is 3.39. The maximum Gasteiger partial charge on any atom is 0.234 e. The Morgan fingerprint density at radius 3 is 2.46 bits per heavy atom. The van der Waals surface area contributed by atoms with Crippen molar-refractivity contribution in [2.75, 3.05) is 26.3 Å². The molecule has 1 amide bonds. The number of ether oxygens (including phenoxy) is 2. The van der Waals surface area contributed by atoms with Gasteiger partial charge in [0, 0.05) is 25.2 Å². The van der Waals surface area contributed by atoms with Crippen molar-refractivity contribution in [2.24, 2.45) is 0 Å². The molecule has 2 aromatic rings. The normalized spacial score (nSPS) is 13.7. The fraction of sp³-hybridized carbons (Fsp3) is 0.409. The number of fused-ring (bicyclic) bond motifs is 1. The van der Waals surface area contributed by atoms with E-state index in [1.54, 1.807) is 18.2 Å². The van der Waals surface area contributed by atoms with Gasteiger partial charge in [-0.2, -0.15) is 0 Å². The zero-order chi connectivity index (χ0) is 19.9. The number of hydrogen-bond acceptors (Lipinski definition) is 4. The van der Waals surface area contributed by atoms with Crippen molar-refractivity contribution in [3.63, 3.8) is 0 Å². The number of nitrogens with zero attached hydrogens (tertiary/aromatic N) is 1. The van der Waals surface area contributed by atoms with Crippen molar-refractivity contribution >= 4 is 5.91 Å². The lowest BCUT2D eigenvalue weighted by molar-refractivity contribution is -0.122. The van der Waals surface area contributed by atoms with Crippen LogP contribution < -0.4 is 14.8 Å². The Bertz CT molecular complexity index is 825. The monoisotopic (exact) mass is 386 g/mol. The molecule has 0 radical (unpaired) electrons. The van der Waals surface area contributed by atoms with E-state index in [9.17, 15) is 9.18 Å². The minimum atomic E-state index is -0.303. The first-order valence-corrected chi connectivity index (χ1v) is 9.74. The number of carbonyl (C=O) groups excluding carboxylic acids is 1. The van der Waals surface area contributed by atoms with Crippen molar-refractivity contribution in [3.8, 4) is 11.5 Å². The largest absolute Gasteiger partial charge is 0.490 e. The molecule has 0 saturated heterocycles. The van der Waals surface area contributed by atoms with Crippen LogP contribution in [-0.4, -0.2) is 37.1 Å². The minimum absolute atomic E-state index is 0.109. The predicted octanol–water partition coefficient (Wildman–Crippen LogP) is 3.30. The Balaban J connectivity index is 1.60. The molecular weight excluding hydrogens is 359 g/mol. The summed E-state index contributed by atoms with van der Waals surface area (Å²) in [6.07, 6.45) is 0.850. The summed E-state index contributed by atoms with van der Waals surface area (Å²) < 4.78 is 25.1. The third-order valence-electron chi connectivity index (χ3n) is 4.76. The predicted molar refractivity (Wildman–Crippen MR) is 106 cm³/mol. The molecule has 0 spiro atoms. The zero-order valence-corrected chi connectivity index (χ0v) is 16.5. The summed E-state index contributed by atoms with van der Waals surface area (Å²) in [5, 5.41) is 2.80. The van der Waals surface area contributed by atoms with E-state index >= 15 is 0 Å². The highest BCUT2D eigenvalue weighted by atomic mass is 19.1. The van der Waals surface area contributed by atoms with Crippen LogP contribution in [0.4, 0.5) is 4.39 Å². The molecule has 1 heterocycles. The second-order valence-corrected chi connectivity index (χ2v) is 6.76. The molecule has 0 saturated carbocycles. The van der Waals surface area contributed by atoms with Crippen molar-refractivity contribution in [1.82, 2.24) is 10.2 Å². The summed E-state index contributed by atoms with van der Waals surface area (Å²) in [7, 11) is 0. The van der Waals surface area contributed by atoms with Crippen LogP contribution >= 0.6 is 0 Å². The lowest BCUT2D eigenvalue weighted by Crippen LogP contribution is -2.39. The van der Waals surface area contributed by atoms with Crippen molar-refractivity contribution in [3.05, 3.63) is 58.9 Å². The molecule has 0 bridgehead atoms. The van der Waals surface area contributed by atoms with Gasteiger partial charge in [-0.15, -0.1) is 0 Å². The molecule has 3 rings (SSSR count). The van der Waals surface area contributed by atoms with Gasteiger partial charge in [-0.3, -0.25) is 9.69 Å². The highest BCUT2D eigenvalue weighted by Crippen LogP contribution is 2.33. The maximum absolute atomic E-state index is 13.7. The maximum atomic E-state index is 13.7. The standard InChI is InChI=1S/C22H27FN2O3/c1-3-27-20-11-16-9-10-25(14-18(16)12-21(20)28-4-2)15-22(26)24-13-17-7-5-6-8-19(17)23/h5-8,11-12H,3-4,9-10,13-15H2,1-2H3,(H,24,26). The lowest BCUT2D eigenvalue weighted by atomic mass is 9.98. The summed E-state index contributed by atoms with van der Waals surface area (Å²) in [6, 6.07) is 10.6. The summed E-state index contributed by atoms with van der Waals surface area (Å²) >= 11 is 0. The highest BCUT2D eigenvalue weighted by molar-refractivity contribution is 5.78. The summed E-state index contributed by atoms with van der Waals surface area (Å²) in [5.74, 6) is 1.11. The molecule has 0 fully saturated rings. The molecule has 1 aliphatic heterocycles. The van der Waals surface area contributed by atoms with E-state index < -0.39 is 0 Å². The van der Waals surface area contributed by atoms with Gasteiger partial charge in [-0.25, -0.2) is 4.39 Å². The first kappa shape index (κ1) is 20.1. The second kappa shape index (κ2) is 9.55. The third-order valence-corrected chi connectivity index (χ3v) is 4.76. The number of amides is 1. The van der Waals surface area contributed by atoms with Gasteiger partial charge < -0.3 is 14.8 Å². The molecule has 6 heteroatoms. The van der Waals surface area contributed by atoms with Gasteiger partial charge in [0.25, 0.3) is 0 Å². The lowest BCUT2D eigenvalue weighted by Gasteiger charge is -2.29. The van der Waals surface area contributed by atoms with E-state index in [0.717, 1.165) is 30.0 Å². The fourth-order valence-electron chi connectivity index (χ4n) is 3.39. The van der Waals surface area contributed by atoms with E-state index in [1.165, 1.54) is 11.6 Å². The SMILES string of the molecule is CCOc1cc2c(cc1OCC)CN(CC(=O)NCc1ccccc1F)CC2. The van der Waals surface area contributed by atoms with Crippen molar-refractivity contribution in [1.29, 1.82) is 0 Å². The number of halogens is 1. The highest BCUT2D eigenvalue weighted by Gasteiger charge is 2.21. The molecular formula is C22H27FN2O3. The van der Waals surface area contributed by atoms with E-state index in [1.807, 2.05) is 19.9 Å². The molecule has 0 atom stereocenters. The topological polar surface area (TPSA) is 50.8 Å². The Hall–Kier alpha value is -2.60. The quantitative estimate of drug-likeness (QED) is 0.756. The molecule has 2 aromatic carbocycles. The first-order chi connectivity index (χ1) is 13.6. The molecule has 0 aliphatic carbocycles. The van der Waals surface area contributed by atoms with Crippen LogP contribution in [0, 0.1) is 5.82 Å². The Morgan fingerprint density at radius 1 is 1.11 bits per heavy atom. The molecule has 0 unspecified atom stereocenters. The van der Waals surface area contributed by atoms with Gasteiger partial charge in [0.2, 0.25) is 5.91 Å². The van der Waals surface area contributed by atoms with Gasteiger partial charge in [0.15, 0.2) is 11.5 Å². The number of benzene rings is 2. The van der Waals surface area contributed by atoms with Crippen LogP contribution in [0.2, 0.25) is 0 Å². The zero-order valence-electron chi connectivity index (χ0n) is 16.5. The second-order valence-electron chi connectivity index (χ2n) is 6.76. The third kappa shape index (κ3) is 5.01. The molecule has 5 nitrogen and oxygen atoms in total. The van der Waals surface area contributed by atoms with E-state index in [-0.39, 0.29) is 24.8 Å². The Kier molecular flexibility index (Phi) is 6.87. The van der Waals surface area contributed by atoms with Crippen LogP contribution in [0.3, 0.4) is 0 Å². The van der Waals surface area contributed by atoms with Gasteiger partial charge in [-0.1, -0.05) is 18.2 Å². The van der Waals surface area contributed by atoms with Crippen LogP contribution in [0.25, 0.3) is 0 Å². The average molecular weight is 386 g/mol. The Morgan fingerprint density at radius 2 is 1.79 bits per heavy atom. The molecule has 0 aromatic heterocycles. The Labute approximate surface area is 165 Å². The van der Waals surface area contributed by atoms with Gasteiger partial charge >= 0.3 is 0 Å². The average Bonchev–Trinajstić information content (AvgIpc) is 2.68. The summed E-state index contributed by atoms with van der Waals surface area (Å²) in [4.78, 5) is 14.4. The van der Waals surface area contributed by atoms with E-state index in [0.29, 0.717) is 25.3 Å². The van der Waals surface area contributed by atoms with Gasteiger partial charge in [0.1, 0.15) is 5.82 Å². The van der Waals surface area contributed by atoms with E-state index in [4.69, 9.17) is 9.47 Å². The van der Waals surface area contributed by atoms with Gasteiger partial charge in [-0.05, 0) is 49.6 Å². The first-order valence-electron chi connectivity index (χ1n) is 9.74.